The number of ether oxygens (including phenoxy) is 3. The monoisotopic (exact) mass is 891 g/mol. The molecular weight excluding hydrogens is 781 g/mol. The lowest BCUT2D eigenvalue weighted by Gasteiger charge is -2.18. The van der Waals surface area contributed by atoms with Gasteiger partial charge in [0.15, 0.2) is 6.10 Å². The number of esters is 3. The Bertz CT molecular complexity index is 962. The molecule has 0 saturated carbocycles. The Morgan fingerprint density at radius 3 is 0.778 bits per heavy atom. The Morgan fingerprint density at radius 2 is 0.524 bits per heavy atom. The Morgan fingerprint density at radius 1 is 0.302 bits per heavy atom. The molecule has 0 aromatic carbocycles. The topological polar surface area (TPSA) is 78.9 Å². The number of rotatable bonds is 51. The maximum Gasteiger partial charge on any atom is 0.306 e. The molecule has 0 amide bonds. The van der Waals surface area contributed by atoms with Crippen LogP contribution in [0.4, 0.5) is 0 Å². The van der Waals surface area contributed by atoms with Crippen molar-refractivity contribution in [3.8, 4) is 0 Å². The van der Waals surface area contributed by atoms with Crippen molar-refractivity contribution in [2.24, 2.45) is 11.8 Å². The van der Waals surface area contributed by atoms with Gasteiger partial charge in [-0.15, -0.1) is 0 Å². The molecule has 0 radical (unpaired) electrons. The molecule has 63 heavy (non-hydrogen) atoms. The molecule has 0 bridgehead atoms. The highest BCUT2D eigenvalue weighted by Crippen LogP contribution is 2.18. The molecule has 0 saturated heterocycles. The lowest BCUT2D eigenvalue weighted by molar-refractivity contribution is -0.167. The first-order valence-electron chi connectivity index (χ1n) is 28.2. The summed E-state index contributed by atoms with van der Waals surface area (Å²) in [7, 11) is 0. The third-order valence-electron chi connectivity index (χ3n) is 13.0. The van der Waals surface area contributed by atoms with E-state index >= 15 is 0 Å². The van der Waals surface area contributed by atoms with Crippen LogP contribution in [0.2, 0.25) is 0 Å². The van der Waals surface area contributed by atoms with Gasteiger partial charge in [-0.2, -0.15) is 0 Å². The minimum atomic E-state index is -0.762. The normalized spacial score (nSPS) is 12.0. The van der Waals surface area contributed by atoms with Crippen molar-refractivity contribution in [2.75, 3.05) is 13.2 Å². The molecule has 0 unspecified atom stereocenters. The first kappa shape index (κ1) is 61.4. The average molecular weight is 892 g/mol. The zero-order valence-electron chi connectivity index (χ0n) is 43.2. The molecule has 0 aliphatic carbocycles. The molecule has 6 heteroatoms. The van der Waals surface area contributed by atoms with Gasteiger partial charge in [-0.3, -0.25) is 14.4 Å². The van der Waals surface area contributed by atoms with Crippen molar-refractivity contribution in [1.82, 2.24) is 0 Å². The fourth-order valence-electron chi connectivity index (χ4n) is 8.70. The quantitative estimate of drug-likeness (QED) is 0.0344. The predicted molar refractivity (Wildman–Crippen MR) is 270 cm³/mol. The molecule has 0 aromatic heterocycles. The van der Waals surface area contributed by atoms with Gasteiger partial charge in [-0.25, -0.2) is 0 Å². The van der Waals surface area contributed by atoms with E-state index in [1.54, 1.807) is 0 Å². The highest BCUT2D eigenvalue weighted by molar-refractivity contribution is 5.71. The van der Waals surface area contributed by atoms with E-state index in [1.807, 2.05) is 0 Å². The van der Waals surface area contributed by atoms with Crippen LogP contribution in [-0.4, -0.2) is 37.2 Å². The Labute approximate surface area is 393 Å². The zero-order valence-corrected chi connectivity index (χ0v) is 43.2. The fraction of sp³-hybridized carbons (Fsp3) is 0.947. The van der Waals surface area contributed by atoms with Crippen LogP contribution < -0.4 is 0 Å². The second kappa shape index (κ2) is 49.8. The van der Waals surface area contributed by atoms with E-state index in [-0.39, 0.29) is 31.1 Å². The molecule has 0 aliphatic heterocycles. The zero-order chi connectivity index (χ0) is 46.1. The molecule has 0 N–H and O–H groups in total. The summed E-state index contributed by atoms with van der Waals surface area (Å²) in [6.45, 7) is 11.4. The number of hydrogen-bond acceptors (Lipinski definition) is 6. The summed E-state index contributed by atoms with van der Waals surface area (Å²) >= 11 is 0. The van der Waals surface area contributed by atoms with Gasteiger partial charge in [-0.1, -0.05) is 279 Å². The van der Waals surface area contributed by atoms with Crippen LogP contribution in [0.15, 0.2) is 0 Å². The molecule has 1 atom stereocenters. The first-order chi connectivity index (χ1) is 30.7. The molecule has 0 spiro atoms. The molecule has 0 aromatic rings. The Hall–Kier alpha value is -1.59. The standard InChI is InChI=1S/C57H110O6/c1-6-7-8-9-10-11-12-22-29-34-39-44-49-57(60)63-54(51-62-56(59)48-43-38-33-28-24-19-15-17-21-26-31-36-41-46-53(4)5)50-61-55(58)47-42-37-32-27-23-18-14-13-16-20-25-30-35-40-45-52(2)3/h52-54H,6-51H2,1-5H3/t54-/m1/s1. The maximum absolute atomic E-state index is 12.8. The predicted octanol–water partition coefficient (Wildman–Crippen LogP) is 18.5. The van der Waals surface area contributed by atoms with E-state index < -0.39 is 6.10 Å². The van der Waals surface area contributed by atoms with E-state index in [4.69, 9.17) is 14.2 Å². The van der Waals surface area contributed by atoms with Gasteiger partial charge in [0.2, 0.25) is 0 Å². The van der Waals surface area contributed by atoms with Gasteiger partial charge < -0.3 is 14.2 Å². The minimum absolute atomic E-state index is 0.0628. The first-order valence-corrected chi connectivity index (χ1v) is 28.2. The number of carbonyl (C=O) groups excluding carboxylic acids is 3. The summed E-state index contributed by atoms with van der Waals surface area (Å²) in [5.74, 6) is 0.844. The third kappa shape index (κ3) is 51.3. The Balaban J connectivity index is 4.27. The highest BCUT2D eigenvalue weighted by Gasteiger charge is 2.19. The van der Waals surface area contributed by atoms with Crippen LogP contribution in [0.25, 0.3) is 0 Å². The van der Waals surface area contributed by atoms with E-state index in [2.05, 4.69) is 34.6 Å². The molecular formula is C57H110O6. The second-order valence-electron chi connectivity index (χ2n) is 20.5. The number of hydrogen-bond donors (Lipinski definition) is 0. The van der Waals surface area contributed by atoms with Gasteiger partial charge in [0, 0.05) is 19.3 Å². The molecule has 374 valence electrons. The van der Waals surface area contributed by atoms with E-state index in [0.29, 0.717) is 19.3 Å². The summed E-state index contributed by atoms with van der Waals surface area (Å²) < 4.78 is 16.9. The molecule has 0 aliphatic rings. The van der Waals surface area contributed by atoms with Crippen LogP contribution in [0.3, 0.4) is 0 Å². The van der Waals surface area contributed by atoms with Crippen molar-refractivity contribution in [2.45, 2.75) is 323 Å². The lowest BCUT2D eigenvalue weighted by Crippen LogP contribution is -2.30. The van der Waals surface area contributed by atoms with Crippen molar-refractivity contribution in [3.05, 3.63) is 0 Å². The van der Waals surface area contributed by atoms with Crippen LogP contribution in [0.1, 0.15) is 317 Å². The molecule has 0 fully saturated rings. The van der Waals surface area contributed by atoms with Crippen LogP contribution in [-0.2, 0) is 28.6 Å². The highest BCUT2D eigenvalue weighted by atomic mass is 16.6. The van der Waals surface area contributed by atoms with Crippen LogP contribution in [0, 0.1) is 11.8 Å². The van der Waals surface area contributed by atoms with Crippen molar-refractivity contribution in [1.29, 1.82) is 0 Å². The van der Waals surface area contributed by atoms with Crippen LogP contribution in [0.5, 0.6) is 0 Å². The average Bonchev–Trinajstić information content (AvgIpc) is 3.25. The summed E-state index contributed by atoms with van der Waals surface area (Å²) in [6, 6.07) is 0. The van der Waals surface area contributed by atoms with Crippen molar-refractivity contribution < 1.29 is 28.6 Å². The number of unbranched alkanes of at least 4 members (excludes halogenated alkanes) is 36. The summed E-state index contributed by atoms with van der Waals surface area (Å²) in [5, 5.41) is 0. The largest absolute Gasteiger partial charge is 0.462 e. The van der Waals surface area contributed by atoms with E-state index in [0.717, 1.165) is 69.6 Å². The molecule has 0 rings (SSSR count). The summed E-state index contributed by atoms with van der Waals surface area (Å²) in [4.78, 5) is 38.1. The van der Waals surface area contributed by atoms with Gasteiger partial charge in [-0.05, 0) is 31.1 Å². The van der Waals surface area contributed by atoms with Crippen LogP contribution >= 0.6 is 0 Å². The third-order valence-corrected chi connectivity index (χ3v) is 13.0. The smallest absolute Gasteiger partial charge is 0.306 e. The lowest BCUT2D eigenvalue weighted by atomic mass is 10.0. The van der Waals surface area contributed by atoms with Gasteiger partial charge in [0.25, 0.3) is 0 Å². The summed E-state index contributed by atoms with van der Waals surface area (Å²) in [6.07, 6.45) is 52.3. The second-order valence-corrected chi connectivity index (χ2v) is 20.5. The van der Waals surface area contributed by atoms with Gasteiger partial charge >= 0.3 is 17.9 Å². The van der Waals surface area contributed by atoms with Crippen molar-refractivity contribution >= 4 is 17.9 Å². The fourth-order valence-corrected chi connectivity index (χ4v) is 8.70. The van der Waals surface area contributed by atoms with Crippen molar-refractivity contribution in [3.63, 3.8) is 0 Å². The van der Waals surface area contributed by atoms with Gasteiger partial charge in [0.1, 0.15) is 13.2 Å². The summed E-state index contributed by atoms with van der Waals surface area (Å²) in [5.41, 5.74) is 0. The molecule has 6 nitrogen and oxygen atoms in total. The SMILES string of the molecule is CCCCCCCCCCCCCCC(=O)O[C@H](COC(=O)CCCCCCCCCCCCCCCCC(C)C)COC(=O)CCCCCCCCCCCCCCCC(C)C. The number of carbonyl (C=O) groups is 3. The van der Waals surface area contributed by atoms with E-state index in [9.17, 15) is 14.4 Å². The van der Waals surface area contributed by atoms with Gasteiger partial charge in [0.05, 0.1) is 0 Å². The maximum atomic E-state index is 12.8. The Kier molecular flexibility index (Phi) is 48.6. The molecule has 0 heterocycles. The van der Waals surface area contributed by atoms with E-state index in [1.165, 1.54) is 205 Å². The minimum Gasteiger partial charge on any atom is -0.462 e.